The van der Waals surface area contributed by atoms with E-state index in [1.807, 2.05) is 6.92 Å². The Labute approximate surface area is 196 Å². The van der Waals surface area contributed by atoms with Gasteiger partial charge >= 0.3 is 6.09 Å². The number of rotatable bonds is 9. The Hall–Kier alpha value is -2.17. The van der Waals surface area contributed by atoms with Crippen LogP contribution in [-0.4, -0.2) is 50.5 Å². The lowest BCUT2D eigenvalue weighted by Crippen LogP contribution is -2.45. The van der Waals surface area contributed by atoms with Gasteiger partial charge in [-0.15, -0.1) is 0 Å². The van der Waals surface area contributed by atoms with Gasteiger partial charge in [-0.25, -0.2) is 18.6 Å². The Kier molecular flexibility index (Phi) is 8.72. The first-order chi connectivity index (χ1) is 15.7. The zero-order chi connectivity index (χ0) is 24.0. The highest BCUT2D eigenvalue weighted by Crippen LogP contribution is 2.33. The zero-order valence-electron chi connectivity index (χ0n) is 19.6. The Morgan fingerprint density at radius 2 is 1.91 bits per heavy atom. The van der Waals surface area contributed by atoms with Crippen LogP contribution in [0.4, 0.5) is 4.79 Å². The minimum atomic E-state index is -3.47. The summed E-state index contributed by atoms with van der Waals surface area (Å²) in [5.74, 6) is 0.113. The number of carbonyl (C=O) groups excluding carboxylic acids is 2. The third-order valence-electron chi connectivity index (χ3n) is 6.31. The van der Waals surface area contributed by atoms with Crippen molar-refractivity contribution in [2.24, 2.45) is 5.92 Å². The summed E-state index contributed by atoms with van der Waals surface area (Å²) in [6.07, 6.45) is 3.46. The molecule has 2 unspecified atom stereocenters. The van der Waals surface area contributed by atoms with Crippen molar-refractivity contribution in [2.45, 2.75) is 87.8 Å². The van der Waals surface area contributed by atoms with Crippen LogP contribution in [0.15, 0.2) is 29.2 Å². The van der Waals surface area contributed by atoms with E-state index in [-0.39, 0.29) is 41.6 Å². The lowest BCUT2D eigenvalue weighted by Gasteiger charge is -2.18. The van der Waals surface area contributed by atoms with Gasteiger partial charge in [-0.1, -0.05) is 25.1 Å². The van der Waals surface area contributed by atoms with E-state index in [2.05, 4.69) is 21.5 Å². The van der Waals surface area contributed by atoms with Crippen molar-refractivity contribution in [3.8, 4) is 0 Å². The second-order valence-electron chi connectivity index (χ2n) is 9.16. The molecule has 3 rings (SSSR count). The molecule has 1 saturated carbocycles. The highest BCUT2D eigenvalue weighted by atomic mass is 32.2. The first kappa shape index (κ1) is 25.5. The fourth-order valence-electron chi connectivity index (χ4n) is 4.45. The van der Waals surface area contributed by atoms with E-state index in [0.717, 1.165) is 25.7 Å². The van der Waals surface area contributed by atoms with Gasteiger partial charge in [0.15, 0.2) is 9.84 Å². The maximum atomic E-state index is 12.7. The molecule has 2 amide bonds. The number of hydrogen-bond donors (Lipinski definition) is 4. The molecule has 184 valence electrons. The molecule has 4 N–H and O–H groups in total. The van der Waals surface area contributed by atoms with Crippen molar-refractivity contribution in [2.75, 3.05) is 6.54 Å². The summed E-state index contributed by atoms with van der Waals surface area (Å²) in [5, 5.41) is 5.13. The molecule has 0 bridgehead atoms. The summed E-state index contributed by atoms with van der Waals surface area (Å²) in [5.41, 5.74) is 6.89. The number of hydrogen-bond acceptors (Lipinski definition) is 7. The number of sulfone groups is 1. The average molecular weight is 481 g/mol. The van der Waals surface area contributed by atoms with Gasteiger partial charge in [0.2, 0.25) is 5.91 Å². The number of benzene rings is 1. The Morgan fingerprint density at radius 3 is 2.64 bits per heavy atom. The molecule has 1 aromatic rings. The third-order valence-corrected chi connectivity index (χ3v) is 8.56. The van der Waals surface area contributed by atoms with Gasteiger partial charge in [0.05, 0.1) is 22.7 Å². The Bertz CT molecular complexity index is 937. The summed E-state index contributed by atoms with van der Waals surface area (Å²) in [4.78, 5) is 24.7. The van der Waals surface area contributed by atoms with Crippen LogP contribution in [-0.2, 0) is 25.8 Å². The molecule has 0 aromatic heterocycles. The standard InChI is InChI=1S/C23H36N4O5S/c1-4-11-24-23(29)32-18-10-9-16(12-18)19-14-21(27-26-19)25-22(28)13-17-7-5-6-8-20(17)33(30,31)15(2)3/h5-8,15-16,18-19,21,26-27H,4,9-14H2,1-3H3,(H,24,29)(H,25,28)/t16-,18+,19?,21?/m0/s1. The SMILES string of the molecule is CCCNC(=O)O[C@@H]1CC[C@H](C2CC(NC(=O)Cc3ccccc3S(=O)(=O)C(C)C)NN2)C1. The summed E-state index contributed by atoms with van der Waals surface area (Å²) >= 11 is 0. The number of alkyl carbamates (subject to hydrolysis) is 1. The maximum absolute atomic E-state index is 12.7. The highest BCUT2D eigenvalue weighted by Gasteiger charge is 2.37. The van der Waals surface area contributed by atoms with Crippen LogP contribution in [0.3, 0.4) is 0 Å². The van der Waals surface area contributed by atoms with Gasteiger partial charge in [0.25, 0.3) is 0 Å². The smallest absolute Gasteiger partial charge is 0.407 e. The zero-order valence-corrected chi connectivity index (χ0v) is 20.4. The van der Waals surface area contributed by atoms with E-state index in [0.29, 0.717) is 24.4 Å². The molecule has 2 aliphatic rings. The fraction of sp³-hybridized carbons (Fsp3) is 0.652. The van der Waals surface area contributed by atoms with E-state index in [4.69, 9.17) is 4.74 Å². The first-order valence-corrected chi connectivity index (χ1v) is 13.3. The van der Waals surface area contributed by atoms with Crippen LogP contribution in [0.5, 0.6) is 0 Å². The first-order valence-electron chi connectivity index (χ1n) is 11.8. The van der Waals surface area contributed by atoms with Crippen molar-refractivity contribution < 1.29 is 22.7 Å². The molecule has 1 saturated heterocycles. The Balaban J connectivity index is 1.49. The largest absolute Gasteiger partial charge is 0.446 e. The molecule has 1 aliphatic heterocycles. The lowest BCUT2D eigenvalue weighted by atomic mass is 9.96. The number of ether oxygens (including phenoxy) is 1. The van der Waals surface area contributed by atoms with Crippen LogP contribution < -0.4 is 21.5 Å². The second kappa shape index (κ2) is 11.3. The number of hydrazine groups is 1. The summed E-state index contributed by atoms with van der Waals surface area (Å²) in [7, 11) is -3.47. The minimum absolute atomic E-state index is 0.00279. The van der Waals surface area contributed by atoms with E-state index < -0.39 is 15.1 Å². The molecule has 0 spiro atoms. The predicted octanol–water partition coefficient (Wildman–Crippen LogP) is 2.02. The molecule has 9 nitrogen and oxygen atoms in total. The van der Waals surface area contributed by atoms with Crippen molar-refractivity contribution >= 4 is 21.8 Å². The molecule has 2 fully saturated rings. The van der Waals surface area contributed by atoms with Crippen molar-refractivity contribution in [1.29, 1.82) is 0 Å². The predicted molar refractivity (Wildman–Crippen MR) is 125 cm³/mol. The molecule has 4 atom stereocenters. The molecule has 33 heavy (non-hydrogen) atoms. The topological polar surface area (TPSA) is 126 Å². The Morgan fingerprint density at radius 1 is 1.15 bits per heavy atom. The summed E-state index contributed by atoms with van der Waals surface area (Å²) in [6, 6.07) is 6.83. The highest BCUT2D eigenvalue weighted by molar-refractivity contribution is 7.92. The van der Waals surface area contributed by atoms with E-state index in [1.54, 1.807) is 38.1 Å². The van der Waals surface area contributed by atoms with E-state index in [9.17, 15) is 18.0 Å². The second-order valence-corrected chi connectivity index (χ2v) is 11.6. The molecule has 1 aliphatic carbocycles. The van der Waals surface area contributed by atoms with Crippen molar-refractivity contribution in [1.82, 2.24) is 21.5 Å². The monoisotopic (exact) mass is 480 g/mol. The van der Waals surface area contributed by atoms with Crippen LogP contribution in [0.2, 0.25) is 0 Å². The third kappa shape index (κ3) is 6.68. The van der Waals surface area contributed by atoms with Gasteiger partial charge in [0, 0.05) is 12.6 Å². The van der Waals surface area contributed by atoms with Gasteiger partial charge in [-0.05, 0) is 63.5 Å². The molecular weight excluding hydrogens is 444 g/mol. The number of carbonyl (C=O) groups is 2. The van der Waals surface area contributed by atoms with E-state index in [1.165, 1.54) is 0 Å². The van der Waals surface area contributed by atoms with Crippen molar-refractivity contribution in [3.05, 3.63) is 29.8 Å². The number of amides is 2. The lowest BCUT2D eigenvalue weighted by molar-refractivity contribution is -0.121. The van der Waals surface area contributed by atoms with Crippen LogP contribution in [0, 0.1) is 5.92 Å². The molecule has 1 heterocycles. The average Bonchev–Trinajstić information content (AvgIpc) is 3.41. The van der Waals surface area contributed by atoms with Gasteiger partial charge in [-0.3, -0.25) is 10.2 Å². The fourth-order valence-corrected chi connectivity index (χ4v) is 5.73. The van der Waals surface area contributed by atoms with Crippen LogP contribution in [0.25, 0.3) is 0 Å². The quantitative estimate of drug-likeness (QED) is 0.426. The van der Waals surface area contributed by atoms with Crippen molar-refractivity contribution in [3.63, 3.8) is 0 Å². The normalized spacial score (nSPS) is 25.2. The molecular formula is C23H36N4O5S. The minimum Gasteiger partial charge on any atom is -0.446 e. The summed E-state index contributed by atoms with van der Waals surface area (Å²) < 4.78 is 30.7. The molecule has 1 aromatic carbocycles. The van der Waals surface area contributed by atoms with Gasteiger partial charge in [-0.2, -0.15) is 0 Å². The molecule has 10 heteroatoms. The van der Waals surface area contributed by atoms with E-state index >= 15 is 0 Å². The van der Waals surface area contributed by atoms with Crippen LogP contribution >= 0.6 is 0 Å². The number of nitrogens with one attached hydrogen (secondary N) is 4. The maximum Gasteiger partial charge on any atom is 0.407 e. The van der Waals surface area contributed by atoms with Crippen LogP contribution in [0.1, 0.15) is 58.4 Å². The summed E-state index contributed by atoms with van der Waals surface area (Å²) in [6.45, 7) is 5.87. The molecule has 0 radical (unpaired) electrons. The van der Waals surface area contributed by atoms with Gasteiger partial charge in [0.1, 0.15) is 6.10 Å². The van der Waals surface area contributed by atoms with Gasteiger partial charge < -0.3 is 15.4 Å².